The van der Waals surface area contributed by atoms with E-state index in [1.54, 1.807) is 0 Å². The van der Waals surface area contributed by atoms with E-state index >= 15 is 0 Å². The number of carboxylic acid groups (broad SMARTS) is 1. The number of hydrogen-bond acceptors (Lipinski definition) is 3. The number of carboxylic acids is 1. The van der Waals surface area contributed by atoms with Crippen LogP contribution in [0, 0.1) is 0 Å². The number of nitrogens with zero attached hydrogens (tertiary/aromatic N) is 1. The predicted molar refractivity (Wildman–Crippen MR) is 51.3 cm³/mol. The second-order valence-electron chi connectivity index (χ2n) is 2.77. The standard InChI is InChI=1S/C7H14N4O4/c1-11(4-5(12)13)7(15)10-3-2-9-6(8)14/h2-4H2,1H3,(H,10,15)(H,12,13)(H3,8,9,14). The molecule has 5 N–H and O–H groups in total. The largest absolute Gasteiger partial charge is 0.480 e. The Bertz CT molecular complexity index is 255. The van der Waals surface area contributed by atoms with Crippen LogP contribution in [0.4, 0.5) is 9.59 Å². The van der Waals surface area contributed by atoms with E-state index in [0.29, 0.717) is 0 Å². The van der Waals surface area contributed by atoms with Crippen LogP contribution in [0.15, 0.2) is 0 Å². The molecule has 15 heavy (non-hydrogen) atoms. The molecule has 8 nitrogen and oxygen atoms in total. The second-order valence-corrected chi connectivity index (χ2v) is 2.77. The highest BCUT2D eigenvalue weighted by molar-refractivity contribution is 5.79. The SMILES string of the molecule is CN(CC(=O)O)C(=O)NCCNC(N)=O. The van der Waals surface area contributed by atoms with Crippen molar-refractivity contribution in [3.63, 3.8) is 0 Å². The van der Waals surface area contributed by atoms with Gasteiger partial charge in [-0.05, 0) is 0 Å². The minimum absolute atomic E-state index is 0.186. The van der Waals surface area contributed by atoms with Gasteiger partial charge in [0.05, 0.1) is 0 Å². The number of nitrogens with two attached hydrogens (primary N) is 1. The number of amides is 4. The van der Waals surface area contributed by atoms with Gasteiger partial charge in [-0.25, -0.2) is 9.59 Å². The summed E-state index contributed by atoms with van der Waals surface area (Å²) in [5.74, 6) is -1.09. The molecule has 0 aliphatic rings. The molecule has 0 saturated heterocycles. The van der Waals surface area contributed by atoms with Crippen LogP contribution in [0.5, 0.6) is 0 Å². The van der Waals surface area contributed by atoms with Gasteiger partial charge >= 0.3 is 18.0 Å². The third-order valence-electron chi connectivity index (χ3n) is 1.42. The molecule has 0 saturated carbocycles. The average molecular weight is 218 g/mol. The van der Waals surface area contributed by atoms with E-state index in [2.05, 4.69) is 10.6 Å². The first-order valence-electron chi connectivity index (χ1n) is 4.17. The molecule has 0 heterocycles. The Kier molecular flexibility index (Phi) is 5.60. The molecule has 8 heteroatoms. The van der Waals surface area contributed by atoms with Crippen LogP contribution in [0.2, 0.25) is 0 Å². The summed E-state index contributed by atoms with van der Waals surface area (Å²) >= 11 is 0. The molecule has 0 aliphatic carbocycles. The third-order valence-corrected chi connectivity index (χ3v) is 1.42. The minimum Gasteiger partial charge on any atom is -0.480 e. The summed E-state index contributed by atoms with van der Waals surface area (Å²) in [4.78, 5) is 32.6. The Balaban J connectivity index is 3.64. The fourth-order valence-corrected chi connectivity index (χ4v) is 0.765. The zero-order chi connectivity index (χ0) is 11.8. The summed E-state index contributed by atoms with van der Waals surface area (Å²) in [7, 11) is 1.35. The number of urea groups is 2. The predicted octanol–water partition coefficient (Wildman–Crippen LogP) is -1.62. The lowest BCUT2D eigenvalue weighted by Crippen LogP contribution is -2.43. The molecule has 0 aromatic carbocycles. The number of hydrogen-bond donors (Lipinski definition) is 4. The Morgan fingerprint density at radius 3 is 2.27 bits per heavy atom. The Labute approximate surface area is 86.4 Å². The van der Waals surface area contributed by atoms with E-state index in [-0.39, 0.29) is 19.6 Å². The first kappa shape index (κ1) is 13.0. The summed E-state index contributed by atoms with van der Waals surface area (Å²) < 4.78 is 0. The van der Waals surface area contributed by atoms with Crippen molar-refractivity contribution in [3.05, 3.63) is 0 Å². The first-order chi connectivity index (χ1) is 6.93. The molecule has 0 radical (unpaired) electrons. The molecule has 0 aromatic heterocycles. The normalized spacial score (nSPS) is 9.13. The summed E-state index contributed by atoms with van der Waals surface area (Å²) in [6, 6.07) is -1.20. The van der Waals surface area contributed by atoms with Crippen molar-refractivity contribution in [1.82, 2.24) is 15.5 Å². The molecule has 0 unspecified atom stereocenters. The topological polar surface area (TPSA) is 125 Å². The molecule has 0 aliphatic heterocycles. The van der Waals surface area contributed by atoms with Crippen molar-refractivity contribution in [3.8, 4) is 0 Å². The number of carbonyl (C=O) groups excluding carboxylic acids is 2. The van der Waals surface area contributed by atoms with Crippen molar-refractivity contribution in [1.29, 1.82) is 0 Å². The highest BCUT2D eigenvalue weighted by Gasteiger charge is 2.10. The Hall–Kier alpha value is -1.99. The zero-order valence-corrected chi connectivity index (χ0v) is 8.32. The lowest BCUT2D eigenvalue weighted by Gasteiger charge is -2.15. The van der Waals surface area contributed by atoms with E-state index in [4.69, 9.17) is 10.8 Å². The molecule has 0 spiro atoms. The number of rotatable bonds is 5. The average Bonchev–Trinajstić information content (AvgIpc) is 2.10. The number of carbonyl (C=O) groups is 3. The maximum atomic E-state index is 11.1. The van der Waals surface area contributed by atoms with Gasteiger partial charge in [-0.1, -0.05) is 0 Å². The lowest BCUT2D eigenvalue weighted by molar-refractivity contribution is -0.137. The van der Waals surface area contributed by atoms with Crippen LogP contribution in [0.3, 0.4) is 0 Å². The van der Waals surface area contributed by atoms with Crippen molar-refractivity contribution in [2.45, 2.75) is 0 Å². The fourth-order valence-electron chi connectivity index (χ4n) is 0.765. The molecule has 86 valence electrons. The number of nitrogens with one attached hydrogen (secondary N) is 2. The van der Waals surface area contributed by atoms with Gasteiger partial charge in [0, 0.05) is 20.1 Å². The summed E-state index contributed by atoms with van der Waals surface area (Å²) in [6.07, 6.45) is 0. The van der Waals surface area contributed by atoms with Crippen molar-refractivity contribution in [2.24, 2.45) is 5.73 Å². The molecule has 0 rings (SSSR count). The molecule has 0 aromatic rings. The molecule has 0 atom stereocenters. The van der Waals surface area contributed by atoms with Crippen LogP contribution in [-0.4, -0.2) is 54.7 Å². The highest BCUT2D eigenvalue weighted by Crippen LogP contribution is 1.82. The number of likely N-dealkylation sites (N-methyl/N-ethyl adjacent to an activating group) is 1. The van der Waals surface area contributed by atoms with Crippen molar-refractivity contribution < 1.29 is 19.5 Å². The fraction of sp³-hybridized carbons (Fsp3) is 0.571. The molecule has 0 fully saturated rings. The Morgan fingerprint density at radius 2 is 1.80 bits per heavy atom. The van der Waals surface area contributed by atoms with Gasteiger partial charge in [0.2, 0.25) is 0 Å². The van der Waals surface area contributed by atoms with E-state index in [1.165, 1.54) is 7.05 Å². The van der Waals surface area contributed by atoms with Crippen LogP contribution >= 0.6 is 0 Å². The van der Waals surface area contributed by atoms with Gasteiger partial charge in [0.25, 0.3) is 0 Å². The van der Waals surface area contributed by atoms with Gasteiger partial charge in [-0.2, -0.15) is 0 Å². The first-order valence-corrected chi connectivity index (χ1v) is 4.17. The van der Waals surface area contributed by atoms with Gasteiger partial charge < -0.3 is 26.4 Å². The van der Waals surface area contributed by atoms with Crippen molar-refractivity contribution >= 4 is 18.0 Å². The van der Waals surface area contributed by atoms with E-state index in [9.17, 15) is 14.4 Å². The third kappa shape index (κ3) is 7.11. The van der Waals surface area contributed by atoms with Gasteiger partial charge in [0.15, 0.2) is 0 Å². The van der Waals surface area contributed by atoms with Gasteiger partial charge in [0.1, 0.15) is 6.54 Å². The van der Waals surface area contributed by atoms with Gasteiger partial charge in [-0.3, -0.25) is 4.79 Å². The van der Waals surface area contributed by atoms with Gasteiger partial charge in [-0.15, -0.1) is 0 Å². The van der Waals surface area contributed by atoms with E-state index in [1.807, 2.05) is 0 Å². The highest BCUT2D eigenvalue weighted by atomic mass is 16.4. The summed E-state index contributed by atoms with van der Waals surface area (Å²) in [5, 5.41) is 13.0. The van der Waals surface area contributed by atoms with Crippen LogP contribution in [0.25, 0.3) is 0 Å². The number of aliphatic carboxylic acids is 1. The monoisotopic (exact) mass is 218 g/mol. The minimum atomic E-state index is -1.09. The second kappa shape index (κ2) is 6.46. The molecular weight excluding hydrogens is 204 g/mol. The maximum absolute atomic E-state index is 11.1. The molecule has 4 amide bonds. The van der Waals surface area contributed by atoms with E-state index < -0.39 is 18.0 Å². The quantitative estimate of drug-likeness (QED) is 0.414. The maximum Gasteiger partial charge on any atom is 0.323 e. The van der Waals surface area contributed by atoms with Crippen LogP contribution in [0.1, 0.15) is 0 Å². The van der Waals surface area contributed by atoms with Crippen molar-refractivity contribution in [2.75, 3.05) is 26.7 Å². The molecule has 0 bridgehead atoms. The summed E-state index contributed by atoms with van der Waals surface area (Å²) in [6.45, 7) is 0.00278. The Morgan fingerprint density at radius 1 is 1.27 bits per heavy atom. The summed E-state index contributed by atoms with van der Waals surface area (Å²) in [5.41, 5.74) is 4.78. The zero-order valence-electron chi connectivity index (χ0n) is 8.32. The molecular formula is C7H14N4O4. The smallest absolute Gasteiger partial charge is 0.323 e. The van der Waals surface area contributed by atoms with Crippen LogP contribution < -0.4 is 16.4 Å². The van der Waals surface area contributed by atoms with E-state index in [0.717, 1.165) is 4.90 Å². The number of primary amides is 1. The van der Waals surface area contributed by atoms with Crippen LogP contribution in [-0.2, 0) is 4.79 Å². The lowest BCUT2D eigenvalue weighted by atomic mass is 10.5.